The number of aryl methyl sites for hydroxylation is 1. The third-order valence-corrected chi connectivity index (χ3v) is 5.24. The summed E-state index contributed by atoms with van der Waals surface area (Å²) in [6, 6.07) is 4.05. The SMILES string of the molecule is Cc1nc(C2CC2)nc(SCc2cccs2)c1C(=O)O. The Kier molecular flexibility index (Phi) is 3.76. The molecule has 0 saturated heterocycles. The third-order valence-electron chi connectivity index (χ3n) is 3.16. The van der Waals surface area contributed by atoms with Gasteiger partial charge in [0.05, 0.1) is 5.69 Å². The second-order valence-electron chi connectivity index (χ2n) is 4.79. The van der Waals surface area contributed by atoms with E-state index in [1.165, 1.54) is 16.6 Å². The van der Waals surface area contributed by atoms with Gasteiger partial charge in [-0.1, -0.05) is 17.8 Å². The van der Waals surface area contributed by atoms with Crippen molar-refractivity contribution in [3.8, 4) is 0 Å². The number of hydrogen-bond acceptors (Lipinski definition) is 5. The highest BCUT2D eigenvalue weighted by molar-refractivity contribution is 7.98. The zero-order valence-electron chi connectivity index (χ0n) is 11.0. The fraction of sp³-hybridized carbons (Fsp3) is 0.357. The molecule has 2 heterocycles. The summed E-state index contributed by atoms with van der Waals surface area (Å²) in [6.07, 6.45) is 2.22. The monoisotopic (exact) mass is 306 g/mol. The molecule has 104 valence electrons. The van der Waals surface area contributed by atoms with Crippen LogP contribution in [0, 0.1) is 6.92 Å². The maximum absolute atomic E-state index is 11.4. The van der Waals surface area contributed by atoms with Crippen molar-refractivity contribution in [1.82, 2.24) is 9.97 Å². The largest absolute Gasteiger partial charge is 0.478 e. The lowest BCUT2D eigenvalue weighted by Gasteiger charge is -2.09. The maximum Gasteiger partial charge on any atom is 0.340 e. The van der Waals surface area contributed by atoms with Crippen LogP contribution in [-0.4, -0.2) is 21.0 Å². The molecule has 20 heavy (non-hydrogen) atoms. The van der Waals surface area contributed by atoms with Gasteiger partial charge >= 0.3 is 5.97 Å². The van der Waals surface area contributed by atoms with E-state index in [4.69, 9.17) is 0 Å². The maximum atomic E-state index is 11.4. The number of thioether (sulfide) groups is 1. The van der Waals surface area contributed by atoms with E-state index in [-0.39, 0.29) is 5.56 Å². The molecule has 0 unspecified atom stereocenters. The van der Waals surface area contributed by atoms with E-state index in [2.05, 4.69) is 9.97 Å². The van der Waals surface area contributed by atoms with E-state index in [1.807, 2.05) is 17.5 Å². The quantitative estimate of drug-likeness (QED) is 0.674. The predicted molar refractivity (Wildman–Crippen MR) is 79.6 cm³/mol. The number of carbonyl (C=O) groups is 1. The zero-order valence-corrected chi connectivity index (χ0v) is 12.6. The van der Waals surface area contributed by atoms with Gasteiger partial charge in [-0.2, -0.15) is 0 Å². The minimum atomic E-state index is -0.946. The summed E-state index contributed by atoms with van der Waals surface area (Å²) in [5.74, 6) is 1.04. The Morgan fingerprint density at radius 1 is 1.50 bits per heavy atom. The average Bonchev–Trinajstić information content (AvgIpc) is 3.12. The Hall–Kier alpha value is -1.40. The third kappa shape index (κ3) is 2.86. The molecular weight excluding hydrogens is 292 g/mol. The van der Waals surface area contributed by atoms with Crippen molar-refractivity contribution < 1.29 is 9.90 Å². The van der Waals surface area contributed by atoms with Crippen LogP contribution < -0.4 is 0 Å². The molecule has 2 aromatic heterocycles. The molecule has 1 N–H and O–H groups in total. The van der Waals surface area contributed by atoms with E-state index >= 15 is 0 Å². The van der Waals surface area contributed by atoms with E-state index in [0.717, 1.165) is 24.4 Å². The summed E-state index contributed by atoms with van der Waals surface area (Å²) in [5.41, 5.74) is 0.819. The first-order valence-corrected chi connectivity index (χ1v) is 8.28. The molecule has 1 saturated carbocycles. The molecule has 1 aliphatic carbocycles. The van der Waals surface area contributed by atoms with Gasteiger partial charge in [0, 0.05) is 16.5 Å². The van der Waals surface area contributed by atoms with Crippen molar-refractivity contribution in [3.05, 3.63) is 39.5 Å². The Balaban J connectivity index is 1.91. The van der Waals surface area contributed by atoms with Crippen LogP contribution in [0.15, 0.2) is 22.5 Å². The van der Waals surface area contributed by atoms with Crippen LogP contribution >= 0.6 is 23.1 Å². The van der Waals surface area contributed by atoms with E-state index in [1.54, 1.807) is 18.3 Å². The topological polar surface area (TPSA) is 63.1 Å². The van der Waals surface area contributed by atoms with Crippen molar-refractivity contribution in [2.75, 3.05) is 0 Å². The Morgan fingerprint density at radius 2 is 2.30 bits per heavy atom. The number of rotatable bonds is 5. The molecule has 0 atom stereocenters. The molecule has 6 heteroatoms. The van der Waals surface area contributed by atoms with Crippen molar-refractivity contribution in [1.29, 1.82) is 0 Å². The second kappa shape index (κ2) is 5.54. The Labute approximate surface area is 125 Å². The Bertz CT molecular complexity index is 637. The van der Waals surface area contributed by atoms with Crippen LogP contribution in [0.25, 0.3) is 0 Å². The fourth-order valence-corrected chi connectivity index (χ4v) is 3.83. The standard InChI is InChI=1S/C14H14N2O2S2/c1-8-11(14(17)18)13(16-12(15-8)9-4-5-9)20-7-10-3-2-6-19-10/h2-3,6,9H,4-5,7H2,1H3,(H,17,18). The highest BCUT2D eigenvalue weighted by atomic mass is 32.2. The summed E-state index contributed by atoms with van der Waals surface area (Å²) in [5, 5.41) is 12.0. The number of carboxylic acid groups (broad SMARTS) is 1. The minimum absolute atomic E-state index is 0.246. The summed E-state index contributed by atoms with van der Waals surface area (Å²) in [7, 11) is 0. The van der Waals surface area contributed by atoms with Gasteiger partial charge in [-0.3, -0.25) is 0 Å². The number of thiophene rings is 1. The molecule has 0 bridgehead atoms. The number of hydrogen-bond donors (Lipinski definition) is 1. The number of carboxylic acids is 1. The van der Waals surface area contributed by atoms with Gasteiger partial charge in [-0.15, -0.1) is 11.3 Å². The lowest BCUT2D eigenvalue weighted by molar-refractivity contribution is 0.0690. The molecule has 0 aromatic carbocycles. The number of aromatic carboxylic acids is 1. The summed E-state index contributed by atoms with van der Waals surface area (Å²) in [4.78, 5) is 21.5. The summed E-state index contributed by atoms with van der Waals surface area (Å²) >= 11 is 3.16. The molecular formula is C14H14N2O2S2. The molecule has 0 spiro atoms. The summed E-state index contributed by atoms with van der Waals surface area (Å²) < 4.78 is 0. The van der Waals surface area contributed by atoms with Crippen molar-refractivity contribution in [2.24, 2.45) is 0 Å². The summed E-state index contributed by atoms with van der Waals surface area (Å²) in [6.45, 7) is 1.76. The lowest BCUT2D eigenvalue weighted by atomic mass is 10.2. The van der Waals surface area contributed by atoms with Crippen LogP contribution in [0.4, 0.5) is 0 Å². The molecule has 2 aromatic rings. The molecule has 0 amide bonds. The van der Waals surface area contributed by atoms with Crippen molar-refractivity contribution >= 4 is 29.1 Å². The van der Waals surface area contributed by atoms with Gasteiger partial charge in [-0.25, -0.2) is 14.8 Å². The van der Waals surface area contributed by atoms with Crippen molar-refractivity contribution in [3.63, 3.8) is 0 Å². The zero-order chi connectivity index (χ0) is 14.1. The first-order chi connectivity index (χ1) is 9.65. The normalized spacial score (nSPS) is 14.4. The molecule has 3 rings (SSSR count). The van der Waals surface area contributed by atoms with Gasteiger partial charge in [0.25, 0.3) is 0 Å². The first-order valence-electron chi connectivity index (χ1n) is 6.42. The Morgan fingerprint density at radius 3 is 2.90 bits per heavy atom. The van der Waals surface area contributed by atoms with Gasteiger partial charge in [-0.05, 0) is 31.2 Å². The number of nitrogens with zero attached hydrogens (tertiary/aromatic N) is 2. The van der Waals surface area contributed by atoms with Gasteiger partial charge in [0.1, 0.15) is 16.4 Å². The van der Waals surface area contributed by atoms with Gasteiger partial charge in [0.15, 0.2) is 0 Å². The lowest BCUT2D eigenvalue weighted by Crippen LogP contribution is -2.09. The molecule has 1 aliphatic rings. The first kappa shape index (κ1) is 13.6. The van der Waals surface area contributed by atoms with Gasteiger partial charge < -0.3 is 5.11 Å². The van der Waals surface area contributed by atoms with E-state index in [9.17, 15) is 9.90 Å². The van der Waals surface area contributed by atoms with Crippen LogP contribution in [0.3, 0.4) is 0 Å². The molecule has 0 aliphatic heterocycles. The minimum Gasteiger partial charge on any atom is -0.478 e. The van der Waals surface area contributed by atoms with Crippen LogP contribution in [0.1, 0.15) is 45.5 Å². The second-order valence-corrected chi connectivity index (χ2v) is 6.79. The van der Waals surface area contributed by atoms with Crippen LogP contribution in [0.5, 0.6) is 0 Å². The van der Waals surface area contributed by atoms with Crippen LogP contribution in [-0.2, 0) is 5.75 Å². The van der Waals surface area contributed by atoms with E-state index < -0.39 is 5.97 Å². The molecule has 0 radical (unpaired) electrons. The van der Waals surface area contributed by atoms with Crippen LogP contribution in [0.2, 0.25) is 0 Å². The highest BCUT2D eigenvalue weighted by Crippen LogP contribution is 2.39. The van der Waals surface area contributed by atoms with Crippen molar-refractivity contribution in [2.45, 2.75) is 36.5 Å². The molecule has 1 fully saturated rings. The highest BCUT2D eigenvalue weighted by Gasteiger charge is 2.29. The fourth-order valence-electron chi connectivity index (χ4n) is 1.98. The smallest absolute Gasteiger partial charge is 0.340 e. The average molecular weight is 306 g/mol. The predicted octanol–water partition coefficient (Wildman–Crippen LogP) is 3.71. The number of aromatic nitrogens is 2. The van der Waals surface area contributed by atoms with E-state index in [0.29, 0.717) is 16.6 Å². The van der Waals surface area contributed by atoms with Gasteiger partial charge in [0.2, 0.25) is 0 Å². The molecule has 4 nitrogen and oxygen atoms in total.